The van der Waals surface area contributed by atoms with E-state index in [0.717, 1.165) is 24.7 Å². The maximum Gasteiger partial charge on any atom is 1.00 e. The average Bonchev–Trinajstić information content (AvgIpc) is 2.20. The molecule has 0 heterocycles. The van der Waals surface area contributed by atoms with Gasteiger partial charge >= 0.3 is 24.8 Å². The minimum atomic E-state index is -0.0342. The Morgan fingerprint density at radius 3 is 1.84 bits per heavy atom. The van der Waals surface area contributed by atoms with Crippen molar-refractivity contribution in [1.29, 1.82) is 0 Å². The van der Waals surface area contributed by atoms with Gasteiger partial charge in [0.05, 0.1) is 13.0 Å². The first-order valence-corrected chi connectivity index (χ1v) is 6.25. The minimum absolute atomic E-state index is 0. The van der Waals surface area contributed by atoms with Crippen LogP contribution in [0.25, 0.3) is 0 Å². The van der Waals surface area contributed by atoms with Crippen LogP contribution in [0.15, 0.2) is 0 Å². The summed E-state index contributed by atoms with van der Waals surface area (Å²) < 4.78 is 4.56. The number of hydrogen-bond acceptors (Lipinski definition) is 3. The summed E-state index contributed by atoms with van der Waals surface area (Å²) in [4.78, 5) is 10.7. The Morgan fingerprint density at radius 2 is 1.63 bits per heavy atom. The van der Waals surface area contributed by atoms with Gasteiger partial charge in [0, 0.05) is 6.61 Å². The summed E-state index contributed by atoms with van der Waals surface area (Å²) in [5.41, 5.74) is 0. The van der Waals surface area contributed by atoms with Crippen molar-refractivity contribution in [1.82, 2.24) is 0 Å². The van der Waals surface area contributed by atoms with Gasteiger partial charge in [0.25, 0.3) is 0 Å². The topological polar surface area (TPSA) is 46.5 Å². The Bertz CT molecular complexity index is 232. The molecule has 0 bridgehead atoms. The molecule has 2 rings (SSSR count). The largest absolute Gasteiger partial charge is 1.00 e. The molecule has 1 N–H and O–H groups in total. The van der Waals surface area contributed by atoms with Gasteiger partial charge in [-0.1, -0.05) is 21.3 Å². The number of carbonyl (C=O) groups excluding carboxylic acids is 1. The first-order chi connectivity index (χ1) is 7.56. The molecule has 0 aliphatic heterocycles. The van der Waals surface area contributed by atoms with E-state index >= 15 is 0 Å². The van der Waals surface area contributed by atoms with Gasteiger partial charge in [-0.3, -0.25) is 4.79 Å². The summed E-state index contributed by atoms with van der Waals surface area (Å²) in [6.07, 6.45) is 4.53. The predicted molar refractivity (Wildman–Crippen MR) is 80.7 cm³/mol. The molecule has 19 heavy (non-hydrogen) atoms. The maximum absolute atomic E-state index is 10.7. The molecular formula is C14H32AlLiO3. The molecule has 2 aliphatic carbocycles. The van der Waals surface area contributed by atoms with Crippen LogP contribution in [0.5, 0.6) is 0 Å². The Balaban J connectivity index is -0.000000109. The van der Waals surface area contributed by atoms with Crippen LogP contribution in [0.1, 0.15) is 48.4 Å². The van der Waals surface area contributed by atoms with Gasteiger partial charge in [-0.15, -0.1) is 0 Å². The van der Waals surface area contributed by atoms with Crippen molar-refractivity contribution in [3.63, 3.8) is 0 Å². The van der Waals surface area contributed by atoms with Crippen LogP contribution in [-0.4, -0.2) is 42.2 Å². The van der Waals surface area contributed by atoms with Crippen molar-refractivity contribution in [2.24, 2.45) is 23.7 Å². The van der Waals surface area contributed by atoms with E-state index in [-0.39, 0.29) is 57.0 Å². The molecule has 2 saturated carbocycles. The van der Waals surface area contributed by atoms with Gasteiger partial charge in [-0.05, 0) is 43.4 Å². The summed E-state index contributed by atoms with van der Waals surface area (Å²) in [7, 11) is 1.45. The SMILES string of the molecule is C.CC1CC(CO)C1.COC(=O)C1CC(C)C1.[AlH3].[H-].[Li+]. The first-order valence-electron chi connectivity index (χ1n) is 6.25. The molecule has 0 aromatic rings. The van der Waals surface area contributed by atoms with Crippen molar-refractivity contribution in [3.8, 4) is 0 Å². The van der Waals surface area contributed by atoms with Crippen LogP contribution < -0.4 is 18.9 Å². The summed E-state index contributed by atoms with van der Waals surface area (Å²) in [6, 6.07) is 0. The van der Waals surface area contributed by atoms with E-state index < -0.39 is 0 Å². The zero-order chi connectivity index (χ0) is 12.1. The molecule has 2 fully saturated rings. The third-order valence-corrected chi connectivity index (χ3v) is 3.64. The molecule has 0 atom stereocenters. The van der Waals surface area contributed by atoms with Crippen molar-refractivity contribution >= 4 is 23.3 Å². The fraction of sp³-hybridized carbons (Fsp3) is 0.929. The number of esters is 1. The standard InChI is InChI=1S/C7H12O2.C6H12O.CH4.Al.Li.4H/c1-5-3-6(4-5)7(8)9-2;1-5-2-6(3-5)4-7;;;;;;;/h5-6H,3-4H2,1-2H3;5-7H,2-4H2,1H3;1H4;;;;;;/q;;;;+1;;;;-1. The van der Waals surface area contributed by atoms with Gasteiger partial charge < -0.3 is 11.3 Å². The molecule has 2 aliphatic rings. The number of aliphatic hydroxyl groups is 1. The molecule has 3 nitrogen and oxygen atoms in total. The smallest absolute Gasteiger partial charge is 1.00 e. The van der Waals surface area contributed by atoms with Gasteiger partial charge in [-0.2, -0.15) is 0 Å². The predicted octanol–water partition coefficient (Wildman–Crippen LogP) is -1.20. The molecule has 0 amide bonds. The Morgan fingerprint density at radius 1 is 1.21 bits per heavy atom. The van der Waals surface area contributed by atoms with Gasteiger partial charge in [0.2, 0.25) is 0 Å². The molecule has 0 saturated heterocycles. The summed E-state index contributed by atoms with van der Waals surface area (Å²) in [5.74, 6) is 2.44. The zero-order valence-corrected chi connectivity index (χ0v) is 11.6. The maximum atomic E-state index is 10.7. The Kier molecular flexibility index (Phi) is 15.9. The van der Waals surface area contributed by atoms with E-state index in [1.54, 1.807) is 0 Å². The second-order valence-corrected chi connectivity index (χ2v) is 5.42. The van der Waals surface area contributed by atoms with Crippen LogP contribution >= 0.6 is 0 Å². The van der Waals surface area contributed by atoms with E-state index in [9.17, 15) is 4.79 Å². The monoisotopic (exact) mass is 282 g/mol. The first kappa shape index (κ1) is 24.6. The number of ether oxygens (including phenoxy) is 1. The molecule has 5 heteroatoms. The van der Waals surface area contributed by atoms with Crippen LogP contribution in [0, 0.1) is 23.7 Å². The van der Waals surface area contributed by atoms with E-state index in [1.807, 2.05) is 0 Å². The molecular weight excluding hydrogens is 250 g/mol. The van der Waals surface area contributed by atoms with Gasteiger partial charge in [0.1, 0.15) is 0 Å². The van der Waals surface area contributed by atoms with E-state index in [0.29, 0.717) is 12.5 Å². The quantitative estimate of drug-likeness (QED) is 0.511. The number of rotatable bonds is 2. The molecule has 0 unspecified atom stereocenters. The van der Waals surface area contributed by atoms with Crippen LogP contribution in [-0.2, 0) is 9.53 Å². The molecule has 0 radical (unpaired) electrons. The molecule has 0 aromatic carbocycles. The molecule has 110 valence electrons. The second-order valence-electron chi connectivity index (χ2n) is 5.42. The summed E-state index contributed by atoms with van der Waals surface area (Å²) in [5, 5.41) is 8.50. The molecule has 0 aromatic heterocycles. The number of aliphatic hydroxyl groups excluding tert-OH is 1. The van der Waals surface area contributed by atoms with Crippen LogP contribution in [0.2, 0.25) is 0 Å². The van der Waals surface area contributed by atoms with E-state index in [1.165, 1.54) is 20.0 Å². The zero-order valence-electron chi connectivity index (χ0n) is 12.6. The minimum Gasteiger partial charge on any atom is -1.00 e. The van der Waals surface area contributed by atoms with Crippen molar-refractivity contribution in [3.05, 3.63) is 0 Å². The average molecular weight is 282 g/mol. The van der Waals surface area contributed by atoms with Crippen molar-refractivity contribution in [2.45, 2.75) is 47.0 Å². The van der Waals surface area contributed by atoms with Gasteiger partial charge in [0.15, 0.2) is 17.4 Å². The Hall–Kier alpha value is 0.560. The van der Waals surface area contributed by atoms with E-state index in [2.05, 4.69) is 18.6 Å². The number of hydrogen-bond donors (Lipinski definition) is 1. The van der Waals surface area contributed by atoms with Gasteiger partial charge in [-0.25, -0.2) is 0 Å². The number of methoxy groups -OCH3 is 1. The summed E-state index contributed by atoms with van der Waals surface area (Å²) >= 11 is 0. The van der Waals surface area contributed by atoms with Crippen molar-refractivity contribution in [2.75, 3.05) is 13.7 Å². The molecule has 0 spiro atoms. The fourth-order valence-electron chi connectivity index (χ4n) is 2.48. The van der Waals surface area contributed by atoms with Crippen LogP contribution in [0.4, 0.5) is 0 Å². The normalized spacial score (nSPS) is 30.5. The van der Waals surface area contributed by atoms with E-state index in [4.69, 9.17) is 5.11 Å². The number of carbonyl (C=O) groups is 1. The third-order valence-electron chi connectivity index (χ3n) is 3.64. The summed E-state index contributed by atoms with van der Waals surface area (Å²) in [6.45, 7) is 4.79. The fourth-order valence-corrected chi connectivity index (χ4v) is 2.48. The second kappa shape index (κ2) is 12.3. The Labute approximate surface area is 142 Å². The van der Waals surface area contributed by atoms with Crippen LogP contribution in [0.3, 0.4) is 0 Å². The van der Waals surface area contributed by atoms with Crippen molar-refractivity contribution < 1.29 is 34.9 Å². The third kappa shape index (κ3) is 8.44.